The van der Waals surface area contributed by atoms with Gasteiger partial charge in [-0.25, -0.2) is 0 Å². The molecule has 0 aromatic carbocycles. The highest BCUT2D eigenvalue weighted by Gasteiger charge is 2.29. The second-order valence-corrected chi connectivity index (χ2v) is 5.28. The summed E-state index contributed by atoms with van der Waals surface area (Å²) in [6, 6.07) is 0.860. The van der Waals surface area contributed by atoms with Crippen LogP contribution in [0, 0.1) is 11.8 Å². The van der Waals surface area contributed by atoms with Gasteiger partial charge < -0.3 is 5.32 Å². The number of nitrogens with one attached hydrogen (secondary N) is 1. The molecule has 3 atom stereocenters. The molecule has 0 amide bonds. The topological polar surface area (TPSA) is 15.3 Å². The standard InChI is InChI=1S/C12H24N2.2BrH/c1-10-4-3-7-14(9-10)12-5-6-13-8-11(12)2;;/h10-13H,3-9H2,1-2H3;2*1H/t10-,11?,12?;;/m1../s1. The monoisotopic (exact) mass is 356 g/mol. The lowest BCUT2D eigenvalue weighted by Gasteiger charge is -2.42. The van der Waals surface area contributed by atoms with E-state index >= 15 is 0 Å². The molecule has 2 rings (SSSR count). The Bertz CT molecular complexity index is 190. The first-order chi connectivity index (χ1) is 6.77. The number of hydrogen-bond donors (Lipinski definition) is 1. The fraction of sp³-hybridized carbons (Fsp3) is 1.00. The van der Waals surface area contributed by atoms with E-state index in [1.54, 1.807) is 0 Å². The Hall–Kier alpha value is 0.880. The molecule has 98 valence electrons. The van der Waals surface area contributed by atoms with Gasteiger partial charge in [0.2, 0.25) is 0 Å². The van der Waals surface area contributed by atoms with E-state index in [1.165, 1.54) is 45.4 Å². The molecule has 0 radical (unpaired) electrons. The Labute approximate surface area is 121 Å². The molecule has 2 heterocycles. The average molecular weight is 358 g/mol. The quantitative estimate of drug-likeness (QED) is 0.776. The van der Waals surface area contributed by atoms with Gasteiger partial charge in [-0.3, -0.25) is 4.90 Å². The molecular formula is C12H26Br2N2. The van der Waals surface area contributed by atoms with Gasteiger partial charge in [-0.2, -0.15) is 0 Å². The van der Waals surface area contributed by atoms with Gasteiger partial charge in [0.25, 0.3) is 0 Å². The third-order valence-corrected chi connectivity index (χ3v) is 3.90. The number of nitrogens with zero attached hydrogens (tertiary/aromatic N) is 1. The molecule has 2 fully saturated rings. The van der Waals surface area contributed by atoms with Crippen molar-refractivity contribution in [2.24, 2.45) is 11.8 Å². The van der Waals surface area contributed by atoms with Crippen molar-refractivity contribution < 1.29 is 0 Å². The lowest BCUT2D eigenvalue weighted by molar-refractivity contribution is 0.0778. The van der Waals surface area contributed by atoms with E-state index in [9.17, 15) is 0 Å². The smallest absolute Gasteiger partial charge is 0.0145 e. The summed E-state index contributed by atoms with van der Waals surface area (Å²) in [7, 11) is 0. The molecule has 4 heteroatoms. The van der Waals surface area contributed by atoms with Crippen LogP contribution in [0.3, 0.4) is 0 Å². The Morgan fingerprint density at radius 3 is 2.50 bits per heavy atom. The summed E-state index contributed by atoms with van der Waals surface area (Å²) in [4.78, 5) is 2.75. The summed E-state index contributed by atoms with van der Waals surface area (Å²) in [6.07, 6.45) is 4.21. The number of likely N-dealkylation sites (tertiary alicyclic amines) is 1. The van der Waals surface area contributed by atoms with Gasteiger partial charge in [0, 0.05) is 12.6 Å². The maximum absolute atomic E-state index is 3.49. The summed E-state index contributed by atoms with van der Waals surface area (Å²) in [5.41, 5.74) is 0. The number of halogens is 2. The summed E-state index contributed by atoms with van der Waals surface area (Å²) in [5, 5.41) is 3.49. The minimum Gasteiger partial charge on any atom is -0.316 e. The SMILES string of the molecule is Br.Br.CC1CNCCC1N1CCC[C@@H](C)C1. The molecule has 2 saturated heterocycles. The van der Waals surface area contributed by atoms with Gasteiger partial charge in [-0.05, 0) is 50.7 Å². The second kappa shape index (κ2) is 8.06. The molecule has 2 aliphatic heterocycles. The van der Waals surface area contributed by atoms with E-state index in [2.05, 4.69) is 24.1 Å². The highest BCUT2D eigenvalue weighted by atomic mass is 79.9. The van der Waals surface area contributed by atoms with Crippen LogP contribution < -0.4 is 5.32 Å². The minimum absolute atomic E-state index is 0. The molecule has 2 nitrogen and oxygen atoms in total. The summed E-state index contributed by atoms with van der Waals surface area (Å²) in [5.74, 6) is 1.76. The molecule has 0 aromatic rings. The van der Waals surface area contributed by atoms with Crippen molar-refractivity contribution >= 4 is 34.0 Å². The van der Waals surface area contributed by atoms with Crippen LogP contribution in [0.4, 0.5) is 0 Å². The third-order valence-electron chi connectivity index (χ3n) is 3.90. The van der Waals surface area contributed by atoms with E-state index in [0.717, 1.165) is 17.9 Å². The van der Waals surface area contributed by atoms with Crippen molar-refractivity contribution in [3.8, 4) is 0 Å². The minimum atomic E-state index is 0. The van der Waals surface area contributed by atoms with Crippen LogP contribution in [0.5, 0.6) is 0 Å². The van der Waals surface area contributed by atoms with Crippen molar-refractivity contribution in [2.75, 3.05) is 26.2 Å². The lowest BCUT2D eigenvalue weighted by atomic mass is 9.90. The Balaban J connectivity index is 0.00000112. The van der Waals surface area contributed by atoms with Crippen molar-refractivity contribution in [1.82, 2.24) is 10.2 Å². The highest BCUT2D eigenvalue weighted by molar-refractivity contribution is 8.93. The number of rotatable bonds is 1. The predicted molar refractivity (Wildman–Crippen MR) is 81.1 cm³/mol. The van der Waals surface area contributed by atoms with Crippen molar-refractivity contribution in [3.05, 3.63) is 0 Å². The zero-order chi connectivity index (χ0) is 9.97. The van der Waals surface area contributed by atoms with Crippen LogP contribution in [-0.2, 0) is 0 Å². The van der Waals surface area contributed by atoms with Gasteiger partial charge in [-0.15, -0.1) is 34.0 Å². The summed E-state index contributed by atoms with van der Waals surface area (Å²) >= 11 is 0. The van der Waals surface area contributed by atoms with E-state index in [-0.39, 0.29) is 34.0 Å². The number of piperidine rings is 2. The zero-order valence-corrected chi connectivity index (χ0v) is 13.9. The fourth-order valence-corrected chi connectivity index (χ4v) is 3.07. The summed E-state index contributed by atoms with van der Waals surface area (Å²) in [6.45, 7) is 9.93. The first kappa shape index (κ1) is 16.9. The first-order valence-electron chi connectivity index (χ1n) is 6.22. The molecule has 0 aliphatic carbocycles. The maximum Gasteiger partial charge on any atom is 0.0145 e. The Morgan fingerprint density at radius 1 is 1.12 bits per heavy atom. The van der Waals surface area contributed by atoms with E-state index in [1.807, 2.05) is 0 Å². The largest absolute Gasteiger partial charge is 0.316 e. The predicted octanol–water partition coefficient (Wildman–Crippen LogP) is 2.87. The fourth-order valence-electron chi connectivity index (χ4n) is 3.07. The second-order valence-electron chi connectivity index (χ2n) is 5.28. The molecule has 0 aromatic heterocycles. The summed E-state index contributed by atoms with van der Waals surface area (Å²) < 4.78 is 0. The molecule has 0 bridgehead atoms. The molecule has 16 heavy (non-hydrogen) atoms. The van der Waals surface area contributed by atoms with Crippen LogP contribution in [0.15, 0.2) is 0 Å². The van der Waals surface area contributed by atoms with Crippen LogP contribution in [0.25, 0.3) is 0 Å². The highest BCUT2D eigenvalue weighted by Crippen LogP contribution is 2.24. The van der Waals surface area contributed by atoms with Crippen molar-refractivity contribution in [2.45, 2.75) is 39.2 Å². The van der Waals surface area contributed by atoms with Gasteiger partial charge >= 0.3 is 0 Å². The molecule has 0 spiro atoms. The Kier molecular flexibility index (Phi) is 8.51. The van der Waals surface area contributed by atoms with Gasteiger partial charge in [0.1, 0.15) is 0 Å². The van der Waals surface area contributed by atoms with Crippen LogP contribution in [0.2, 0.25) is 0 Å². The first-order valence-corrected chi connectivity index (χ1v) is 6.22. The average Bonchev–Trinajstić information content (AvgIpc) is 2.18. The van der Waals surface area contributed by atoms with Crippen molar-refractivity contribution in [1.29, 1.82) is 0 Å². The van der Waals surface area contributed by atoms with Gasteiger partial charge in [0.05, 0.1) is 0 Å². The molecule has 2 unspecified atom stereocenters. The van der Waals surface area contributed by atoms with Crippen molar-refractivity contribution in [3.63, 3.8) is 0 Å². The molecule has 1 N–H and O–H groups in total. The van der Waals surface area contributed by atoms with Crippen LogP contribution >= 0.6 is 34.0 Å². The van der Waals surface area contributed by atoms with E-state index in [0.29, 0.717) is 0 Å². The molecule has 0 saturated carbocycles. The maximum atomic E-state index is 3.49. The third kappa shape index (κ3) is 4.28. The normalized spacial score (nSPS) is 36.0. The number of hydrogen-bond acceptors (Lipinski definition) is 2. The molecule has 2 aliphatic rings. The molecular weight excluding hydrogens is 332 g/mol. The Morgan fingerprint density at radius 2 is 1.88 bits per heavy atom. The zero-order valence-electron chi connectivity index (χ0n) is 10.4. The van der Waals surface area contributed by atoms with Gasteiger partial charge in [-0.1, -0.05) is 13.8 Å². The van der Waals surface area contributed by atoms with Crippen LogP contribution in [0.1, 0.15) is 33.1 Å². The lowest BCUT2D eigenvalue weighted by Crippen LogP contribution is -2.51. The van der Waals surface area contributed by atoms with E-state index in [4.69, 9.17) is 0 Å². The van der Waals surface area contributed by atoms with Crippen LogP contribution in [-0.4, -0.2) is 37.1 Å². The van der Waals surface area contributed by atoms with Gasteiger partial charge in [0.15, 0.2) is 0 Å². The van der Waals surface area contributed by atoms with E-state index < -0.39 is 0 Å².